The van der Waals surface area contributed by atoms with Gasteiger partial charge in [0, 0.05) is 12.6 Å². The lowest BCUT2D eigenvalue weighted by Crippen LogP contribution is -2.58. The minimum atomic E-state index is -4.38. The van der Waals surface area contributed by atoms with E-state index in [1.807, 2.05) is 37.3 Å². The van der Waals surface area contributed by atoms with Gasteiger partial charge in [-0.15, -0.1) is 0 Å². The second-order valence-corrected chi connectivity index (χ2v) is 6.09. The van der Waals surface area contributed by atoms with E-state index in [9.17, 15) is 22.8 Å². The van der Waals surface area contributed by atoms with E-state index in [2.05, 4.69) is 10.3 Å². The van der Waals surface area contributed by atoms with Crippen LogP contribution in [0.4, 0.5) is 18.0 Å². The number of urea groups is 1. The molecule has 0 bridgehead atoms. The molecule has 3 unspecified atom stereocenters. The largest absolute Gasteiger partial charge is 0.391 e. The van der Waals surface area contributed by atoms with Crippen LogP contribution in [0.15, 0.2) is 35.3 Å². The first-order valence-corrected chi connectivity index (χ1v) is 7.93. The monoisotopic (exact) mass is 355 g/mol. The van der Waals surface area contributed by atoms with Crippen molar-refractivity contribution < 1.29 is 22.8 Å². The van der Waals surface area contributed by atoms with Crippen LogP contribution in [0, 0.1) is 5.92 Å². The highest BCUT2D eigenvalue weighted by molar-refractivity contribution is 6.07. The van der Waals surface area contributed by atoms with Gasteiger partial charge in [-0.05, 0) is 19.4 Å². The van der Waals surface area contributed by atoms with Crippen molar-refractivity contribution in [3.05, 3.63) is 35.9 Å². The number of aldehydes is 1. The summed E-state index contributed by atoms with van der Waals surface area (Å²) < 4.78 is 37.7. The summed E-state index contributed by atoms with van der Waals surface area (Å²) in [5, 5.41) is 2.47. The van der Waals surface area contributed by atoms with E-state index in [0.29, 0.717) is 6.29 Å². The summed E-state index contributed by atoms with van der Waals surface area (Å²) in [5.41, 5.74) is 0.904. The number of benzene rings is 1. The predicted octanol–water partition coefficient (Wildman–Crippen LogP) is 3.33. The van der Waals surface area contributed by atoms with Gasteiger partial charge in [-0.2, -0.15) is 13.2 Å². The molecular formula is C17H20F3N3O2. The maximum atomic E-state index is 12.6. The maximum absolute atomic E-state index is 12.6. The van der Waals surface area contributed by atoms with E-state index >= 15 is 0 Å². The number of carbonyl (C=O) groups is 2. The zero-order chi connectivity index (χ0) is 18.6. The molecule has 1 heterocycles. The average Bonchev–Trinajstić information content (AvgIpc) is 2.54. The van der Waals surface area contributed by atoms with Gasteiger partial charge in [-0.1, -0.05) is 30.3 Å². The quantitative estimate of drug-likeness (QED) is 0.824. The van der Waals surface area contributed by atoms with Crippen molar-refractivity contribution in [1.29, 1.82) is 0 Å². The Morgan fingerprint density at radius 3 is 2.52 bits per heavy atom. The Labute approximate surface area is 143 Å². The molecule has 1 fully saturated rings. The van der Waals surface area contributed by atoms with Gasteiger partial charge in [0.15, 0.2) is 0 Å². The Hall–Kier alpha value is -2.38. The van der Waals surface area contributed by atoms with Crippen molar-refractivity contribution in [2.75, 3.05) is 6.54 Å². The molecule has 1 aromatic rings. The summed E-state index contributed by atoms with van der Waals surface area (Å²) in [7, 11) is 0. The summed E-state index contributed by atoms with van der Waals surface area (Å²) in [5.74, 6) is -0.591. The zero-order valence-corrected chi connectivity index (χ0v) is 14.0. The summed E-state index contributed by atoms with van der Waals surface area (Å²) in [6, 6.07) is 7.27. The number of nitrogens with one attached hydrogen (secondary N) is 1. The standard InChI is InChI=1S/C17H20F3N3O2/c1-11(8-17(18,19)20)23-9-14(10-24)15(22-16(23)25)21-12(2)13-6-4-3-5-7-13/h3-7,10-12,14H,8-9H2,1-2H3,(H,21,22,25). The van der Waals surface area contributed by atoms with E-state index in [4.69, 9.17) is 0 Å². The molecule has 1 N–H and O–H groups in total. The highest BCUT2D eigenvalue weighted by Gasteiger charge is 2.38. The summed E-state index contributed by atoms with van der Waals surface area (Å²) in [6.07, 6.45) is -4.91. The lowest BCUT2D eigenvalue weighted by molar-refractivity contribution is -0.144. The van der Waals surface area contributed by atoms with Gasteiger partial charge in [0.1, 0.15) is 12.1 Å². The number of halogens is 3. The molecule has 136 valence electrons. The number of aliphatic imine (C=N–C) groups is 1. The van der Waals surface area contributed by atoms with Gasteiger partial charge in [-0.25, -0.2) is 4.79 Å². The third-order valence-corrected chi connectivity index (χ3v) is 4.08. The lowest BCUT2D eigenvalue weighted by atomic mass is 10.0. The number of hydrogen-bond acceptors (Lipinski definition) is 3. The molecule has 2 rings (SSSR count). The van der Waals surface area contributed by atoms with E-state index in [1.165, 1.54) is 6.92 Å². The van der Waals surface area contributed by atoms with Gasteiger partial charge < -0.3 is 9.69 Å². The Bertz CT molecular complexity index is 646. The number of nitrogens with zero attached hydrogens (tertiary/aromatic N) is 2. The molecule has 1 aliphatic heterocycles. The first kappa shape index (κ1) is 19.0. The van der Waals surface area contributed by atoms with Crippen LogP contribution in [0.3, 0.4) is 0 Å². The fourth-order valence-corrected chi connectivity index (χ4v) is 2.73. The lowest BCUT2D eigenvalue weighted by Gasteiger charge is -2.36. The third-order valence-electron chi connectivity index (χ3n) is 4.08. The van der Waals surface area contributed by atoms with Gasteiger partial charge >= 0.3 is 12.2 Å². The Balaban J connectivity index is 2.15. The number of hydrogen-bond donors (Lipinski definition) is 1. The normalized spacial score (nSPS) is 22.4. The molecule has 2 amide bonds. The third kappa shape index (κ3) is 5.04. The Morgan fingerprint density at radius 1 is 1.32 bits per heavy atom. The second kappa shape index (κ2) is 7.67. The highest BCUT2D eigenvalue weighted by atomic mass is 19.4. The van der Waals surface area contributed by atoms with Crippen molar-refractivity contribution in [2.45, 2.75) is 38.5 Å². The van der Waals surface area contributed by atoms with Gasteiger partial charge in [0.05, 0.1) is 18.4 Å². The predicted molar refractivity (Wildman–Crippen MR) is 87.2 cm³/mol. The minimum absolute atomic E-state index is 0.118. The molecule has 3 atom stereocenters. The molecule has 25 heavy (non-hydrogen) atoms. The summed E-state index contributed by atoms with van der Waals surface area (Å²) in [6.45, 7) is 3.01. The molecule has 1 aromatic carbocycles. The highest BCUT2D eigenvalue weighted by Crippen LogP contribution is 2.26. The average molecular weight is 355 g/mol. The van der Waals surface area contributed by atoms with Crippen molar-refractivity contribution >= 4 is 18.2 Å². The first-order chi connectivity index (χ1) is 11.7. The number of amides is 2. The SMILES string of the molecule is CC(N=C1NC(=O)N(C(C)CC(F)(F)F)CC1C=O)c1ccccc1. The van der Waals surface area contributed by atoms with Crippen LogP contribution in [-0.2, 0) is 4.79 Å². The molecule has 8 heteroatoms. The van der Waals surface area contributed by atoms with Gasteiger partial charge in [0.2, 0.25) is 0 Å². The molecule has 0 aliphatic carbocycles. The Morgan fingerprint density at radius 2 is 1.96 bits per heavy atom. The van der Waals surface area contributed by atoms with Crippen LogP contribution in [0.5, 0.6) is 0 Å². The molecule has 1 aliphatic rings. The maximum Gasteiger partial charge on any atom is 0.391 e. The van der Waals surface area contributed by atoms with Crippen molar-refractivity contribution in [3.8, 4) is 0 Å². The Kier molecular flexibility index (Phi) is 5.81. The fourth-order valence-electron chi connectivity index (χ4n) is 2.73. The van der Waals surface area contributed by atoms with Crippen LogP contribution in [0.25, 0.3) is 0 Å². The summed E-state index contributed by atoms with van der Waals surface area (Å²) >= 11 is 0. The molecule has 0 saturated carbocycles. The van der Waals surface area contributed by atoms with Gasteiger partial charge in [-0.3, -0.25) is 10.3 Å². The van der Waals surface area contributed by atoms with Crippen molar-refractivity contribution in [1.82, 2.24) is 10.2 Å². The second-order valence-electron chi connectivity index (χ2n) is 6.09. The van der Waals surface area contributed by atoms with Crippen LogP contribution < -0.4 is 5.32 Å². The molecule has 0 radical (unpaired) electrons. The van der Waals surface area contributed by atoms with Crippen molar-refractivity contribution in [3.63, 3.8) is 0 Å². The van der Waals surface area contributed by atoms with Crippen LogP contribution in [-0.4, -0.2) is 41.8 Å². The van der Waals surface area contributed by atoms with Crippen LogP contribution >= 0.6 is 0 Å². The zero-order valence-electron chi connectivity index (χ0n) is 14.0. The molecular weight excluding hydrogens is 335 g/mol. The molecule has 0 spiro atoms. The van der Waals surface area contributed by atoms with E-state index < -0.39 is 30.6 Å². The molecule has 1 saturated heterocycles. The summed E-state index contributed by atoms with van der Waals surface area (Å²) in [4.78, 5) is 28.9. The smallest absolute Gasteiger partial charge is 0.320 e. The molecule has 0 aromatic heterocycles. The van der Waals surface area contributed by atoms with E-state index in [0.717, 1.165) is 10.5 Å². The number of amidine groups is 1. The number of alkyl halides is 3. The number of carbonyl (C=O) groups excluding carboxylic acids is 2. The van der Waals surface area contributed by atoms with E-state index in [1.54, 1.807) is 0 Å². The van der Waals surface area contributed by atoms with Crippen LogP contribution in [0.1, 0.15) is 31.9 Å². The topological polar surface area (TPSA) is 61.8 Å². The fraction of sp³-hybridized carbons (Fsp3) is 0.471. The first-order valence-electron chi connectivity index (χ1n) is 7.93. The van der Waals surface area contributed by atoms with Crippen molar-refractivity contribution in [2.24, 2.45) is 10.9 Å². The number of rotatable bonds is 5. The molecule has 5 nitrogen and oxygen atoms in total. The van der Waals surface area contributed by atoms with Crippen LogP contribution in [0.2, 0.25) is 0 Å². The van der Waals surface area contributed by atoms with E-state index in [-0.39, 0.29) is 18.4 Å². The van der Waals surface area contributed by atoms with Gasteiger partial charge in [0.25, 0.3) is 0 Å². The minimum Gasteiger partial charge on any atom is -0.320 e.